The number of carbonyl (C=O) groups is 1. The maximum atomic E-state index is 13.3. The van der Waals surface area contributed by atoms with E-state index in [4.69, 9.17) is 11.6 Å². The molecular weight excluding hydrogens is 490 g/mol. The number of nitrogens with one attached hydrogen (secondary N) is 1. The number of thiophene rings is 1. The van der Waals surface area contributed by atoms with E-state index in [1.807, 2.05) is 12.1 Å². The van der Waals surface area contributed by atoms with Crippen molar-refractivity contribution in [2.75, 3.05) is 0 Å². The molecule has 0 bridgehead atoms. The third kappa shape index (κ3) is 3.65. The highest BCUT2D eigenvalue weighted by molar-refractivity contribution is 7.08. The van der Waals surface area contributed by atoms with Crippen LogP contribution in [0.4, 0.5) is 0 Å². The predicted octanol–water partition coefficient (Wildman–Crippen LogP) is 3.83. The molecule has 0 fully saturated rings. The molecule has 0 unspecified atom stereocenters. The van der Waals surface area contributed by atoms with Crippen LogP contribution in [0.3, 0.4) is 0 Å². The molecule has 2 N–H and O–H groups in total. The summed E-state index contributed by atoms with van der Waals surface area (Å²) in [5.74, 6) is -0.373. The fourth-order valence-electron chi connectivity index (χ4n) is 4.53. The van der Waals surface area contributed by atoms with Crippen molar-refractivity contribution in [3.63, 3.8) is 0 Å². The first-order chi connectivity index (χ1) is 17.0. The second-order valence-electron chi connectivity index (χ2n) is 8.10. The van der Waals surface area contributed by atoms with Crippen molar-refractivity contribution in [3.8, 4) is 28.1 Å². The van der Waals surface area contributed by atoms with E-state index in [9.17, 15) is 14.7 Å². The molecule has 5 aromatic rings. The van der Waals surface area contributed by atoms with Crippen molar-refractivity contribution in [1.82, 2.24) is 34.7 Å². The molecule has 35 heavy (non-hydrogen) atoms. The summed E-state index contributed by atoms with van der Waals surface area (Å²) in [4.78, 5) is 32.5. The summed E-state index contributed by atoms with van der Waals surface area (Å²) >= 11 is 7.59. The van der Waals surface area contributed by atoms with Crippen molar-refractivity contribution in [2.24, 2.45) is 0 Å². The first kappa shape index (κ1) is 21.4. The summed E-state index contributed by atoms with van der Waals surface area (Å²) in [6.07, 6.45) is 4.48. The van der Waals surface area contributed by atoms with Gasteiger partial charge in [-0.15, -0.1) is 5.10 Å². The van der Waals surface area contributed by atoms with E-state index in [0.29, 0.717) is 40.6 Å². The van der Waals surface area contributed by atoms with E-state index in [1.165, 1.54) is 22.3 Å². The number of hydrogen-bond donors (Lipinski definition) is 2. The molecule has 4 aromatic heterocycles. The van der Waals surface area contributed by atoms with E-state index in [-0.39, 0.29) is 17.2 Å². The Morgan fingerprint density at radius 2 is 2.09 bits per heavy atom. The number of nitrogens with zero attached hydrogens (tertiary/aromatic N) is 6. The monoisotopic (exact) mass is 505 g/mol. The molecule has 1 aliphatic heterocycles. The molecule has 0 saturated carbocycles. The molecule has 0 aliphatic carbocycles. The van der Waals surface area contributed by atoms with E-state index in [2.05, 4.69) is 25.5 Å². The Balaban J connectivity index is 1.39. The first-order valence-corrected chi connectivity index (χ1v) is 11.9. The number of halogens is 1. The highest BCUT2D eigenvalue weighted by Crippen LogP contribution is 2.35. The minimum atomic E-state index is -0.991. The molecule has 174 valence electrons. The number of carboxylic acid groups (broad SMARTS) is 1. The molecule has 12 heteroatoms. The lowest BCUT2D eigenvalue weighted by Gasteiger charge is -2.15. The number of aromatic amines is 1. The summed E-state index contributed by atoms with van der Waals surface area (Å²) < 4.78 is 3.26. The standard InChI is InChI=1S/C23H16ClN7O3S/c24-13-1-3-19(30-11-26-28-29-30)15(7-13)12-5-14-2-4-20(31(14)21(32)6-12)22-25-8-18(27-22)16-9-35-10-17(16)23(33)34/h1,3,5-11,20H,2,4H2,(H,25,27)(H,33,34)/t20-/m0/s1. The van der Waals surface area contributed by atoms with E-state index >= 15 is 0 Å². The number of aryl methyl sites for hydroxylation is 1. The molecule has 0 spiro atoms. The minimum absolute atomic E-state index is 0.164. The summed E-state index contributed by atoms with van der Waals surface area (Å²) in [5.41, 5.74) is 4.30. The molecule has 0 saturated heterocycles. The van der Waals surface area contributed by atoms with Crippen LogP contribution in [-0.4, -0.2) is 45.8 Å². The minimum Gasteiger partial charge on any atom is -0.478 e. The van der Waals surface area contributed by atoms with Crippen LogP contribution < -0.4 is 5.56 Å². The molecule has 1 atom stereocenters. The Labute approximate surface area is 206 Å². The number of rotatable bonds is 5. The number of H-pyrrole nitrogens is 1. The number of aromatic nitrogens is 7. The number of aromatic carboxylic acids is 1. The van der Waals surface area contributed by atoms with Gasteiger partial charge in [0.05, 0.1) is 29.2 Å². The molecule has 0 amide bonds. The molecule has 6 rings (SSSR count). The second-order valence-corrected chi connectivity index (χ2v) is 9.28. The number of imidazole rings is 1. The summed E-state index contributed by atoms with van der Waals surface area (Å²) in [5, 5.41) is 24.7. The Morgan fingerprint density at radius 3 is 2.89 bits per heavy atom. The van der Waals surface area contributed by atoms with Gasteiger partial charge in [0.15, 0.2) is 0 Å². The van der Waals surface area contributed by atoms with Crippen molar-refractivity contribution in [3.05, 3.63) is 86.1 Å². The summed E-state index contributed by atoms with van der Waals surface area (Å²) in [7, 11) is 0. The van der Waals surface area contributed by atoms with E-state index in [1.54, 1.807) is 39.7 Å². The Kier molecular flexibility index (Phi) is 5.08. The van der Waals surface area contributed by atoms with Crippen molar-refractivity contribution >= 4 is 28.9 Å². The second kappa shape index (κ2) is 8.29. The fourth-order valence-corrected chi connectivity index (χ4v) is 5.53. The van der Waals surface area contributed by atoms with Crippen molar-refractivity contribution < 1.29 is 9.90 Å². The van der Waals surface area contributed by atoms with E-state index in [0.717, 1.165) is 16.8 Å². The number of benzene rings is 1. The van der Waals surface area contributed by atoms with Gasteiger partial charge >= 0.3 is 5.97 Å². The van der Waals surface area contributed by atoms with Gasteiger partial charge in [-0.2, -0.15) is 16.0 Å². The zero-order chi connectivity index (χ0) is 24.1. The van der Waals surface area contributed by atoms with Gasteiger partial charge in [0, 0.05) is 38.7 Å². The third-order valence-electron chi connectivity index (χ3n) is 6.09. The lowest BCUT2D eigenvalue weighted by atomic mass is 10.0. The van der Waals surface area contributed by atoms with Crippen LogP contribution in [0, 0.1) is 0 Å². The lowest BCUT2D eigenvalue weighted by Crippen LogP contribution is -2.23. The number of fused-ring (bicyclic) bond motifs is 1. The van der Waals surface area contributed by atoms with Gasteiger partial charge in [0.2, 0.25) is 0 Å². The average molecular weight is 506 g/mol. The zero-order valence-corrected chi connectivity index (χ0v) is 19.5. The molecule has 1 aromatic carbocycles. The number of pyridine rings is 1. The summed E-state index contributed by atoms with van der Waals surface area (Å²) in [6, 6.07) is 8.62. The van der Waals surface area contributed by atoms with Gasteiger partial charge in [0.25, 0.3) is 5.56 Å². The average Bonchev–Trinajstić information content (AvgIpc) is 3.64. The predicted molar refractivity (Wildman–Crippen MR) is 129 cm³/mol. The van der Waals surface area contributed by atoms with Gasteiger partial charge in [0.1, 0.15) is 12.2 Å². The third-order valence-corrected chi connectivity index (χ3v) is 7.07. The number of hydrogen-bond acceptors (Lipinski definition) is 7. The molecule has 0 radical (unpaired) electrons. The smallest absolute Gasteiger partial charge is 0.337 e. The van der Waals surface area contributed by atoms with Crippen molar-refractivity contribution in [1.29, 1.82) is 0 Å². The SMILES string of the molecule is O=C(O)c1cscc1-c1cnc([C@@H]2CCc3cc(-c4cc(Cl)ccc4-n4cnnn4)cc(=O)n32)[nH]1. The van der Waals surface area contributed by atoms with Crippen molar-refractivity contribution in [2.45, 2.75) is 18.9 Å². The maximum Gasteiger partial charge on any atom is 0.337 e. The number of tetrazole rings is 1. The van der Waals surface area contributed by atoms with Crippen LogP contribution in [0.2, 0.25) is 5.02 Å². The lowest BCUT2D eigenvalue weighted by molar-refractivity contribution is 0.0698. The maximum absolute atomic E-state index is 13.3. The first-order valence-electron chi connectivity index (χ1n) is 10.6. The quantitative estimate of drug-likeness (QED) is 0.371. The highest BCUT2D eigenvalue weighted by atomic mass is 35.5. The van der Waals surface area contributed by atoms with Crippen LogP contribution >= 0.6 is 22.9 Å². The summed E-state index contributed by atoms with van der Waals surface area (Å²) in [6.45, 7) is 0. The highest BCUT2D eigenvalue weighted by Gasteiger charge is 2.28. The van der Waals surface area contributed by atoms with Gasteiger partial charge in [-0.25, -0.2) is 9.78 Å². The number of carboxylic acids is 1. The Morgan fingerprint density at radius 1 is 1.20 bits per heavy atom. The topological polar surface area (TPSA) is 132 Å². The van der Waals surface area contributed by atoms with Gasteiger partial charge in [-0.3, -0.25) is 4.79 Å². The molecular formula is C23H16ClN7O3S. The Bertz CT molecular complexity index is 1640. The largest absolute Gasteiger partial charge is 0.478 e. The van der Waals surface area contributed by atoms with Crippen LogP contribution in [0.1, 0.15) is 34.3 Å². The van der Waals surface area contributed by atoms with E-state index < -0.39 is 5.97 Å². The van der Waals surface area contributed by atoms with Gasteiger partial charge < -0.3 is 14.7 Å². The van der Waals surface area contributed by atoms with Gasteiger partial charge in [-0.05, 0) is 53.1 Å². The van der Waals surface area contributed by atoms with Crippen LogP contribution in [0.15, 0.2) is 58.4 Å². The normalized spacial score (nSPS) is 14.8. The molecule has 10 nitrogen and oxygen atoms in total. The zero-order valence-electron chi connectivity index (χ0n) is 17.9. The van der Waals surface area contributed by atoms with Crippen LogP contribution in [0.5, 0.6) is 0 Å². The Hall–Kier alpha value is -4.09. The van der Waals surface area contributed by atoms with Crippen LogP contribution in [0.25, 0.3) is 28.1 Å². The van der Waals surface area contributed by atoms with Crippen LogP contribution in [-0.2, 0) is 6.42 Å². The molecule has 1 aliphatic rings. The molecule has 5 heterocycles. The van der Waals surface area contributed by atoms with Gasteiger partial charge in [-0.1, -0.05) is 11.6 Å². The fraction of sp³-hybridized carbons (Fsp3) is 0.130.